The molecule has 0 saturated carbocycles. The molecule has 2 rings (SSSR count). The largest absolute Gasteiger partial charge is 0.491 e. The van der Waals surface area contributed by atoms with Gasteiger partial charge in [0, 0.05) is 8.04 Å². The maximum absolute atomic E-state index is 5.80. The second-order valence-electron chi connectivity index (χ2n) is 5.00. The van der Waals surface area contributed by atoms with E-state index in [1.807, 2.05) is 38.1 Å². The summed E-state index contributed by atoms with van der Waals surface area (Å²) in [7, 11) is 0. The van der Waals surface area contributed by atoms with Gasteiger partial charge >= 0.3 is 0 Å². The van der Waals surface area contributed by atoms with E-state index in [0.29, 0.717) is 0 Å². The SMILES string of the molecule is CC(C)Oc1cccc(C(NN)c2cc(Br)ccc2I)c1. The molecule has 0 fully saturated rings. The topological polar surface area (TPSA) is 47.3 Å². The fourth-order valence-electron chi connectivity index (χ4n) is 2.14. The Morgan fingerprint density at radius 1 is 1.19 bits per heavy atom. The van der Waals surface area contributed by atoms with Gasteiger partial charge in [0.05, 0.1) is 12.1 Å². The van der Waals surface area contributed by atoms with Crippen molar-refractivity contribution < 1.29 is 4.74 Å². The van der Waals surface area contributed by atoms with Gasteiger partial charge in [-0.2, -0.15) is 0 Å². The van der Waals surface area contributed by atoms with Gasteiger partial charge in [0.15, 0.2) is 0 Å². The van der Waals surface area contributed by atoms with Gasteiger partial charge in [-0.05, 0) is 77.9 Å². The summed E-state index contributed by atoms with van der Waals surface area (Å²) >= 11 is 5.84. The molecule has 1 atom stereocenters. The van der Waals surface area contributed by atoms with Crippen LogP contribution in [0.5, 0.6) is 5.75 Å². The molecule has 21 heavy (non-hydrogen) atoms. The molecule has 1 unspecified atom stereocenters. The van der Waals surface area contributed by atoms with Gasteiger partial charge in [-0.3, -0.25) is 5.84 Å². The van der Waals surface area contributed by atoms with Crippen molar-refractivity contribution in [3.05, 3.63) is 61.6 Å². The minimum atomic E-state index is -0.0786. The quantitative estimate of drug-likeness (QED) is 0.395. The highest BCUT2D eigenvalue weighted by Crippen LogP contribution is 2.30. The van der Waals surface area contributed by atoms with Crippen LogP contribution in [0.15, 0.2) is 46.9 Å². The van der Waals surface area contributed by atoms with E-state index in [-0.39, 0.29) is 12.1 Å². The molecule has 3 N–H and O–H groups in total. The van der Waals surface area contributed by atoms with Gasteiger partial charge in [-0.15, -0.1) is 0 Å². The number of nitrogens with two attached hydrogens (primary N) is 1. The van der Waals surface area contributed by atoms with Crippen molar-refractivity contribution in [1.29, 1.82) is 0 Å². The second kappa shape index (κ2) is 7.58. The molecule has 0 spiro atoms. The predicted molar refractivity (Wildman–Crippen MR) is 98.2 cm³/mol. The van der Waals surface area contributed by atoms with Crippen molar-refractivity contribution in [2.45, 2.75) is 26.0 Å². The average molecular weight is 461 g/mol. The first-order chi connectivity index (χ1) is 10.0. The minimum absolute atomic E-state index is 0.0786. The van der Waals surface area contributed by atoms with Crippen LogP contribution in [-0.2, 0) is 0 Å². The highest BCUT2D eigenvalue weighted by atomic mass is 127. The molecule has 5 heteroatoms. The van der Waals surface area contributed by atoms with Crippen molar-refractivity contribution >= 4 is 38.5 Å². The smallest absolute Gasteiger partial charge is 0.120 e. The molecule has 3 nitrogen and oxygen atoms in total. The van der Waals surface area contributed by atoms with Gasteiger partial charge in [0.1, 0.15) is 5.75 Å². The number of halogens is 2. The van der Waals surface area contributed by atoms with Gasteiger partial charge < -0.3 is 4.74 Å². The Kier molecular flexibility index (Phi) is 6.04. The lowest BCUT2D eigenvalue weighted by atomic mass is 9.99. The van der Waals surface area contributed by atoms with Crippen LogP contribution in [0.3, 0.4) is 0 Å². The lowest BCUT2D eigenvalue weighted by molar-refractivity contribution is 0.242. The van der Waals surface area contributed by atoms with Crippen molar-refractivity contribution in [1.82, 2.24) is 5.43 Å². The molecular formula is C16H18BrIN2O. The molecular weight excluding hydrogens is 443 g/mol. The Labute approximate surface area is 147 Å². The Morgan fingerprint density at radius 2 is 1.95 bits per heavy atom. The molecule has 2 aromatic carbocycles. The fourth-order valence-corrected chi connectivity index (χ4v) is 3.17. The summed E-state index contributed by atoms with van der Waals surface area (Å²) in [5, 5.41) is 0. The van der Waals surface area contributed by atoms with E-state index < -0.39 is 0 Å². The van der Waals surface area contributed by atoms with Crippen LogP contribution < -0.4 is 16.0 Å². The summed E-state index contributed by atoms with van der Waals surface area (Å²) in [6.07, 6.45) is 0.149. The third-order valence-corrected chi connectivity index (χ3v) is 4.47. The number of rotatable bonds is 5. The third-order valence-electron chi connectivity index (χ3n) is 3.00. The first kappa shape index (κ1) is 16.7. The Morgan fingerprint density at radius 3 is 2.62 bits per heavy atom. The van der Waals surface area contributed by atoms with Crippen LogP contribution in [0, 0.1) is 3.57 Å². The van der Waals surface area contributed by atoms with Crippen LogP contribution in [0.25, 0.3) is 0 Å². The number of benzene rings is 2. The zero-order chi connectivity index (χ0) is 15.4. The zero-order valence-corrected chi connectivity index (χ0v) is 15.7. The first-order valence-electron chi connectivity index (χ1n) is 6.69. The molecule has 0 aliphatic heterocycles. The standard InChI is InChI=1S/C16H18BrIN2O/c1-10(2)21-13-5-3-4-11(8-13)16(20-19)14-9-12(17)6-7-15(14)18/h3-10,16,20H,19H2,1-2H3. The van der Waals surface area contributed by atoms with Gasteiger partial charge in [0.25, 0.3) is 0 Å². The fraction of sp³-hybridized carbons (Fsp3) is 0.250. The molecule has 0 radical (unpaired) electrons. The average Bonchev–Trinajstić information content (AvgIpc) is 2.43. The van der Waals surface area contributed by atoms with E-state index in [9.17, 15) is 0 Å². The summed E-state index contributed by atoms with van der Waals surface area (Å²) in [5.74, 6) is 6.65. The zero-order valence-electron chi connectivity index (χ0n) is 11.9. The first-order valence-corrected chi connectivity index (χ1v) is 8.56. The van der Waals surface area contributed by atoms with Gasteiger partial charge in [0.2, 0.25) is 0 Å². The molecule has 0 heterocycles. The van der Waals surface area contributed by atoms with E-state index in [1.165, 1.54) is 0 Å². The Bertz CT molecular complexity index is 619. The highest BCUT2D eigenvalue weighted by molar-refractivity contribution is 14.1. The molecule has 0 saturated heterocycles. The summed E-state index contributed by atoms with van der Waals surface area (Å²) < 4.78 is 7.96. The molecule has 112 valence electrons. The number of hydrogen-bond acceptors (Lipinski definition) is 3. The van der Waals surface area contributed by atoms with E-state index in [4.69, 9.17) is 10.6 Å². The second-order valence-corrected chi connectivity index (χ2v) is 7.08. The van der Waals surface area contributed by atoms with Crippen molar-refractivity contribution in [2.24, 2.45) is 5.84 Å². The Balaban J connectivity index is 2.39. The number of hydrogen-bond donors (Lipinski definition) is 2. The molecule has 0 aromatic heterocycles. The van der Waals surface area contributed by atoms with Crippen molar-refractivity contribution in [3.63, 3.8) is 0 Å². The van der Waals surface area contributed by atoms with Crippen LogP contribution >= 0.6 is 38.5 Å². The lowest BCUT2D eigenvalue weighted by Gasteiger charge is -2.20. The van der Waals surface area contributed by atoms with Crippen molar-refractivity contribution in [3.8, 4) is 5.75 Å². The number of hydrazine groups is 1. The van der Waals surface area contributed by atoms with Gasteiger partial charge in [-0.25, -0.2) is 5.43 Å². The molecule has 0 aliphatic rings. The third kappa shape index (κ3) is 4.42. The molecule has 0 bridgehead atoms. The van der Waals surface area contributed by atoms with E-state index >= 15 is 0 Å². The summed E-state index contributed by atoms with van der Waals surface area (Å²) in [5.41, 5.74) is 5.11. The van der Waals surface area contributed by atoms with Gasteiger partial charge in [-0.1, -0.05) is 28.1 Å². The highest BCUT2D eigenvalue weighted by Gasteiger charge is 2.16. The van der Waals surface area contributed by atoms with E-state index in [0.717, 1.165) is 24.9 Å². The maximum Gasteiger partial charge on any atom is 0.120 e. The summed E-state index contributed by atoms with van der Waals surface area (Å²) in [4.78, 5) is 0. The Hall–Kier alpha value is -0.630. The number of ether oxygens (including phenoxy) is 1. The molecule has 0 amide bonds. The monoisotopic (exact) mass is 460 g/mol. The van der Waals surface area contributed by atoms with Crippen molar-refractivity contribution in [2.75, 3.05) is 0 Å². The summed E-state index contributed by atoms with van der Waals surface area (Å²) in [6.45, 7) is 4.03. The van der Waals surface area contributed by atoms with Crippen LogP contribution in [0.1, 0.15) is 31.0 Å². The van der Waals surface area contributed by atoms with Crippen LogP contribution in [0.2, 0.25) is 0 Å². The van der Waals surface area contributed by atoms with E-state index in [2.05, 4.69) is 62.1 Å². The van der Waals surface area contributed by atoms with Crippen LogP contribution in [0.4, 0.5) is 0 Å². The molecule has 2 aromatic rings. The normalized spacial score (nSPS) is 12.5. The summed E-state index contributed by atoms with van der Waals surface area (Å²) in [6, 6.07) is 14.1. The van der Waals surface area contributed by atoms with Crippen LogP contribution in [-0.4, -0.2) is 6.10 Å². The number of nitrogens with one attached hydrogen (secondary N) is 1. The minimum Gasteiger partial charge on any atom is -0.491 e. The lowest BCUT2D eigenvalue weighted by Crippen LogP contribution is -2.29. The maximum atomic E-state index is 5.80. The van der Waals surface area contributed by atoms with E-state index in [1.54, 1.807) is 0 Å². The molecule has 0 aliphatic carbocycles. The predicted octanol–water partition coefficient (Wildman–Crippen LogP) is 4.39.